The standard InChI is InChI=1S/C14H17FN4S/c1-11-9-17-19(10-11)8-4-7-16-14(20)18-13-6-3-2-5-12(13)15/h2-3,5-6,9-10H,4,7-8H2,1H3,(H2,16,18,20). The van der Waals surface area contributed by atoms with E-state index in [1.807, 2.05) is 24.0 Å². The van der Waals surface area contributed by atoms with Crippen molar-refractivity contribution in [1.82, 2.24) is 15.1 Å². The van der Waals surface area contributed by atoms with Gasteiger partial charge in [0.1, 0.15) is 5.82 Å². The van der Waals surface area contributed by atoms with Crippen molar-refractivity contribution in [2.75, 3.05) is 11.9 Å². The average Bonchev–Trinajstić information content (AvgIpc) is 2.83. The normalized spacial score (nSPS) is 10.3. The number of halogens is 1. The molecule has 0 spiro atoms. The molecule has 2 aromatic rings. The minimum Gasteiger partial charge on any atom is -0.362 e. The number of hydrogen-bond donors (Lipinski definition) is 2. The molecular formula is C14H17FN4S. The molecule has 0 aliphatic rings. The molecule has 6 heteroatoms. The van der Waals surface area contributed by atoms with Crippen molar-refractivity contribution in [3.05, 3.63) is 48.0 Å². The maximum absolute atomic E-state index is 13.4. The first kappa shape index (κ1) is 14.5. The van der Waals surface area contributed by atoms with E-state index >= 15 is 0 Å². The summed E-state index contributed by atoms with van der Waals surface area (Å²) in [5.41, 5.74) is 1.53. The highest BCUT2D eigenvalue weighted by Crippen LogP contribution is 2.11. The quantitative estimate of drug-likeness (QED) is 0.657. The van der Waals surface area contributed by atoms with Crippen molar-refractivity contribution in [3.8, 4) is 0 Å². The second-order valence-corrected chi connectivity index (χ2v) is 4.90. The lowest BCUT2D eigenvalue weighted by Crippen LogP contribution is -2.30. The molecule has 20 heavy (non-hydrogen) atoms. The van der Waals surface area contributed by atoms with Gasteiger partial charge in [0.05, 0.1) is 11.9 Å². The van der Waals surface area contributed by atoms with Crippen LogP contribution in [0.4, 0.5) is 10.1 Å². The van der Waals surface area contributed by atoms with Gasteiger partial charge in [-0.2, -0.15) is 5.10 Å². The van der Waals surface area contributed by atoms with Crippen LogP contribution >= 0.6 is 12.2 Å². The van der Waals surface area contributed by atoms with Gasteiger partial charge in [0.2, 0.25) is 0 Å². The number of anilines is 1. The summed E-state index contributed by atoms with van der Waals surface area (Å²) >= 11 is 5.12. The van der Waals surface area contributed by atoms with Gasteiger partial charge in [-0.1, -0.05) is 12.1 Å². The molecule has 106 valence electrons. The highest BCUT2D eigenvalue weighted by atomic mass is 32.1. The Labute approximate surface area is 123 Å². The zero-order valence-corrected chi connectivity index (χ0v) is 12.1. The molecule has 2 N–H and O–H groups in total. The molecule has 0 aliphatic carbocycles. The second-order valence-electron chi connectivity index (χ2n) is 4.50. The molecule has 1 aromatic carbocycles. The summed E-state index contributed by atoms with van der Waals surface area (Å²) in [6, 6.07) is 6.44. The number of thiocarbonyl (C=S) groups is 1. The third kappa shape index (κ3) is 4.31. The molecule has 0 saturated carbocycles. The minimum atomic E-state index is -0.316. The lowest BCUT2D eigenvalue weighted by Gasteiger charge is -2.11. The molecule has 0 fully saturated rings. The van der Waals surface area contributed by atoms with Crippen LogP contribution < -0.4 is 10.6 Å². The number of aryl methyl sites for hydroxylation is 2. The van der Waals surface area contributed by atoms with E-state index in [0.29, 0.717) is 17.3 Å². The van der Waals surface area contributed by atoms with Gasteiger partial charge < -0.3 is 10.6 Å². The van der Waals surface area contributed by atoms with Gasteiger partial charge in [-0.25, -0.2) is 4.39 Å². The van der Waals surface area contributed by atoms with Crippen molar-refractivity contribution in [2.24, 2.45) is 0 Å². The van der Waals surface area contributed by atoms with E-state index in [2.05, 4.69) is 15.7 Å². The Morgan fingerprint density at radius 2 is 2.20 bits per heavy atom. The molecular weight excluding hydrogens is 275 g/mol. The SMILES string of the molecule is Cc1cnn(CCCNC(=S)Nc2ccccc2F)c1. The van der Waals surface area contributed by atoms with Crippen molar-refractivity contribution in [3.63, 3.8) is 0 Å². The fraction of sp³-hybridized carbons (Fsp3) is 0.286. The lowest BCUT2D eigenvalue weighted by molar-refractivity contribution is 0.573. The number of hydrogen-bond acceptors (Lipinski definition) is 2. The first-order valence-corrected chi connectivity index (χ1v) is 6.84. The number of nitrogens with one attached hydrogen (secondary N) is 2. The Morgan fingerprint density at radius 1 is 1.40 bits per heavy atom. The summed E-state index contributed by atoms with van der Waals surface area (Å²) in [5, 5.41) is 10.5. The Hall–Kier alpha value is -1.95. The highest BCUT2D eigenvalue weighted by molar-refractivity contribution is 7.80. The summed E-state index contributed by atoms with van der Waals surface area (Å²) in [6.45, 7) is 3.54. The van der Waals surface area contributed by atoms with Crippen LogP contribution in [0.25, 0.3) is 0 Å². The van der Waals surface area contributed by atoms with Gasteiger partial charge in [0.15, 0.2) is 5.11 Å². The van der Waals surface area contributed by atoms with Crippen LogP contribution in [0.3, 0.4) is 0 Å². The Bertz CT molecular complexity index is 582. The van der Waals surface area contributed by atoms with Gasteiger partial charge >= 0.3 is 0 Å². The van der Waals surface area contributed by atoms with Crippen molar-refractivity contribution in [1.29, 1.82) is 0 Å². The third-order valence-corrected chi connectivity index (χ3v) is 2.98. The van der Waals surface area contributed by atoms with Crippen LogP contribution in [-0.4, -0.2) is 21.4 Å². The summed E-state index contributed by atoms with van der Waals surface area (Å²) in [6.07, 6.45) is 4.72. The summed E-state index contributed by atoms with van der Waals surface area (Å²) < 4.78 is 15.3. The van der Waals surface area contributed by atoms with Crippen molar-refractivity contribution >= 4 is 23.0 Å². The average molecular weight is 292 g/mol. The van der Waals surface area contributed by atoms with Gasteiger partial charge in [-0.3, -0.25) is 4.68 Å². The first-order chi connectivity index (χ1) is 9.65. The number of para-hydroxylation sites is 1. The maximum atomic E-state index is 13.4. The predicted octanol–water partition coefficient (Wildman–Crippen LogP) is 2.71. The molecule has 0 amide bonds. The van der Waals surface area contributed by atoms with Gasteiger partial charge in [0.25, 0.3) is 0 Å². The van der Waals surface area contributed by atoms with Crippen molar-refractivity contribution < 1.29 is 4.39 Å². The molecule has 0 aliphatic heterocycles. The van der Waals surface area contributed by atoms with E-state index < -0.39 is 0 Å². The fourth-order valence-electron chi connectivity index (χ4n) is 1.76. The van der Waals surface area contributed by atoms with E-state index in [1.165, 1.54) is 6.07 Å². The molecule has 2 rings (SSSR count). The van der Waals surface area contributed by atoms with Crippen LogP contribution in [0.15, 0.2) is 36.7 Å². The Kier molecular flexibility index (Phi) is 5.06. The topological polar surface area (TPSA) is 41.9 Å². The van der Waals surface area contributed by atoms with Crippen LogP contribution in [0, 0.1) is 12.7 Å². The van der Waals surface area contributed by atoms with Gasteiger partial charge in [-0.15, -0.1) is 0 Å². The molecule has 0 bridgehead atoms. The Morgan fingerprint density at radius 3 is 2.90 bits per heavy atom. The Balaban J connectivity index is 1.69. The van der Waals surface area contributed by atoms with E-state index in [4.69, 9.17) is 12.2 Å². The fourth-order valence-corrected chi connectivity index (χ4v) is 1.97. The monoisotopic (exact) mass is 292 g/mol. The highest BCUT2D eigenvalue weighted by Gasteiger charge is 2.02. The zero-order valence-electron chi connectivity index (χ0n) is 11.3. The first-order valence-electron chi connectivity index (χ1n) is 6.43. The zero-order chi connectivity index (χ0) is 14.4. The molecule has 1 aromatic heterocycles. The summed E-state index contributed by atoms with van der Waals surface area (Å²) in [5.74, 6) is -0.316. The maximum Gasteiger partial charge on any atom is 0.170 e. The van der Waals surface area contributed by atoms with E-state index in [-0.39, 0.29) is 5.82 Å². The molecule has 0 radical (unpaired) electrons. The minimum absolute atomic E-state index is 0.316. The number of nitrogens with zero attached hydrogens (tertiary/aromatic N) is 2. The molecule has 0 saturated heterocycles. The predicted molar refractivity (Wildman–Crippen MR) is 82.2 cm³/mol. The number of aromatic nitrogens is 2. The van der Waals surface area contributed by atoms with E-state index in [9.17, 15) is 4.39 Å². The van der Waals surface area contributed by atoms with Crippen LogP contribution in [-0.2, 0) is 6.54 Å². The second kappa shape index (κ2) is 7.00. The van der Waals surface area contributed by atoms with Crippen LogP contribution in [0.1, 0.15) is 12.0 Å². The molecule has 4 nitrogen and oxygen atoms in total. The van der Waals surface area contributed by atoms with Gasteiger partial charge in [0, 0.05) is 19.3 Å². The molecule has 1 heterocycles. The van der Waals surface area contributed by atoms with Crippen LogP contribution in [0.2, 0.25) is 0 Å². The number of benzene rings is 1. The number of rotatable bonds is 5. The van der Waals surface area contributed by atoms with Crippen LogP contribution in [0.5, 0.6) is 0 Å². The van der Waals surface area contributed by atoms with Crippen molar-refractivity contribution in [2.45, 2.75) is 19.9 Å². The van der Waals surface area contributed by atoms with Gasteiger partial charge in [-0.05, 0) is 43.3 Å². The summed E-state index contributed by atoms with van der Waals surface area (Å²) in [4.78, 5) is 0. The third-order valence-electron chi connectivity index (χ3n) is 2.73. The lowest BCUT2D eigenvalue weighted by atomic mass is 10.3. The van der Waals surface area contributed by atoms with E-state index in [0.717, 1.165) is 18.5 Å². The smallest absolute Gasteiger partial charge is 0.170 e. The molecule has 0 atom stereocenters. The van der Waals surface area contributed by atoms with E-state index in [1.54, 1.807) is 18.2 Å². The summed E-state index contributed by atoms with van der Waals surface area (Å²) in [7, 11) is 0. The molecule has 0 unspecified atom stereocenters. The largest absolute Gasteiger partial charge is 0.362 e.